The standard InChI is InChI=1S/C11H10BrNO/c12-10-4-2-1-3-9(10)11-6-5-8(7-13)14-11/h1-6H,7,13H2. The Balaban J connectivity index is 2.44. The number of hydrogen-bond donors (Lipinski definition) is 1. The van der Waals surface area contributed by atoms with Crippen LogP contribution in [0.1, 0.15) is 5.76 Å². The summed E-state index contributed by atoms with van der Waals surface area (Å²) in [6.45, 7) is 0.435. The van der Waals surface area contributed by atoms with E-state index in [1.165, 1.54) is 0 Å². The van der Waals surface area contributed by atoms with Crippen LogP contribution in [0.2, 0.25) is 0 Å². The smallest absolute Gasteiger partial charge is 0.135 e. The molecule has 0 spiro atoms. The number of rotatable bonds is 2. The fourth-order valence-corrected chi connectivity index (χ4v) is 1.77. The van der Waals surface area contributed by atoms with Gasteiger partial charge < -0.3 is 10.2 Å². The first-order chi connectivity index (χ1) is 6.81. The minimum atomic E-state index is 0.435. The predicted octanol–water partition coefficient (Wildman–Crippen LogP) is 3.17. The summed E-state index contributed by atoms with van der Waals surface area (Å²) in [5, 5.41) is 0. The molecule has 0 fully saturated rings. The van der Waals surface area contributed by atoms with E-state index in [0.717, 1.165) is 21.6 Å². The van der Waals surface area contributed by atoms with E-state index >= 15 is 0 Å². The van der Waals surface area contributed by atoms with Crippen LogP contribution in [0.15, 0.2) is 45.3 Å². The van der Waals surface area contributed by atoms with Crippen LogP contribution in [0.3, 0.4) is 0 Å². The van der Waals surface area contributed by atoms with Crippen molar-refractivity contribution in [3.05, 3.63) is 46.6 Å². The van der Waals surface area contributed by atoms with E-state index in [-0.39, 0.29) is 0 Å². The highest BCUT2D eigenvalue weighted by atomic mass is 79.9. The molecule has 72 valence electrons. The van der Waals surface area contributed by atoms with Crippen LogP contribution < -0.4 is 5.73 Å². The lowest BCUT2D eigenvalue weighted by Crippen LogP contribution is -1.92. The van der Waals surface area contributed by atoms with E-state index in [4.69, 9.17) is 10.2 Å². The molecule has 1 aromatic carbocycles. The maximum absolute atomic E-state index is 5.54. The minimum absolute atomic E-state index is 0.435. The highest BCUT2D eigenvalue weighted by molar-refractivity contribution is 9.10. The summed E-state index contributed by atoms with van der Waals surface area (Å²) in [6.07, 6.45) is 0. The summed E-state index contributed by atoms with van der Waals surface area (Å²) < 4.78 is 6.57. The Kier molecular flexibility index (Phi) is 2.70. The molecule has 0 bridgehead atoms. The normalized spacial score (nSPS) is 10.4. The second-order valence-corrected chi connectivity index (χ2v) is 3.80. The first kappa shape index (κ1) is 9.49. The molecule has 2 nitrogen and oxygen atoms in total. The van der Waals surface area contributed by atoms with Crippen LogP contribution in [0.25, 0.3) is 11.3 Å². The van der Waals surface area contributed by atoms with Crippen LogP contribution in [-0.4, -0.2) is 0 Å². The monoisotopic (exact) mass is 251 g/mol. The minimum Gasteiger partial charge on any atom is -0.460 e. The van der Waals surface area contributed by atoms with Gasteiger partial charge in [0.15, 0.2) is 0 Å². The highest BCUT2D eigenvalue weighted by Crippen LogP contribution is 2.29. The van der Waals surface area contributed by atoms with Gasteiger partial charge in [-0.15, -0.1) is 0 Å². The quantitative estimate of drug-likeness (QED) is 0.891. The van der Waals surface area contributed by atoms with Crippen molar-refractivity contribution < 1.29 is 4.42 Å². The molecule has 0 amide bonds. The Morgan fingerprint density at radius 3 is 2.57 bits per heavy atom. The molecule has 14 heavy (non-hydrogen) atoms. The van der Waals surface area contributed by atoms with Gasteiger partial charge in [0, 0.05) is 10.0 Å². The largest absolute Gasteiger partial charge is 0.460 e. The SMILES string of the molecule is NCc1ccc(-c2ccccc2Br)o1. The molecule has 0 saturated heterocycles. The third-order valence-electron chi connectivity index (χ3n) is 2.00. The Morgan fingerprint density at radius 1 is 1.14 bits per heavy atom. The number of furan rings is 1. The molecular weight excluding hydrogens is 242 g/mol. The van der Waals surface area contributed by atoms with Gasteiger partial charge in [-0.3, -0.25) is 0 Å². The average molecular weight is 252 g/mol. The summed E-state index contributed by atoms with van der Waals surface area (Å²) in [7, 11) is 0. The van der Waals surface area contributed by atoms with Gasteiger partial charge in [0.25, 0.3) is 0 Å². The van der Waals surface area contributed by atoms with Gasteiger partial charge in [-0.05, 0) is 18.2 Å². The summed E-state index contributed by atoms with van der Waals surface area (Å²) in [5.41, 5.74) is 6.52. The molecule has 0 aliphatic carbocycles. The van der Waals surface area contributed by atoms with E-state index < -0.39 is 0 Å². The molecule has 2 rings (SSSR count). The van der Waals surface area contributed by atoms with Crippen molar-refractivity contribution in [1.82, 2.24) is 0 Å². The summed E-state index contributed by atoms with van der Waals surface area (Å²) in [5.74, 6) is 1.65. The number of nitrogens with two attached hydrogens (primary N) is 1. The van der Waals surface area contributed by atoms with Gasteiger partial charge in [0.2, 0.25) is 0 Å². The van der Waals surface area contributed by atoms with Gasteiger partial charge in [0.05, 0.1) is 6.54 Å². The second-order valence-electron chi connectivity index (χ2n) is 2.95. The zero-order chi connectivity index (χ0) is 9.97. The van der Waals surface area contributed by atoms with Crippen molar-refractivity contribution >= 4 is 15.9 Å². The zero-order valence-corrected chi connectivity index (χ0v) is 9.12. The van der Waals surface area contributed by atoms with E-state index in [9.17, 15) is 0 Å². The Bertz CT molecular complexity index is 436. The lowest BCUT2D eigenvalue weighted by molar-refractivity contribution is 0.525. The summed E-state index contributed by atoms with van der Waals surface area (Å²) >= 11 is 3.47. The molecule has 0 unspecified atom stereocenters. The first-order valence-electron chi connectivity index (χ1n) is 4.35. The van der Waals surface area contributed by atoms with Crippen molar-refractivity contribution in [3.8, 4) is 11.3 Å². The van der Waals surface area contributed by atoms with Crippen molar-refractivity contribution in [3.63, 3.8) is 0 Å². The Morgan fingerprint density at radius 2 is 1.93 bits per heavy atom. The molecule has 0 radical (unpaired) electrons. The molecule has 0 saturated carbocycles. The maximum Gasteiger partial charge on any atom is 0.135 e. The van der Waals surface area contributed by atoms with Gasteiger partial charge in [-0.2, -0.15) is 0 Å². The van der Waals surface area contributed by atoms with Crippen molar-refractivity contribution in [2.45, 2.75) is 6.54 Å². The van der Waals surface area contributed by atoms with Crippen molar-refractivity contribution in [1.29, 1.82) is 0 Å². The topological polar surface area (TPSA) is 39.2 Å². The number of benzene rings is 1. The predicted molar refractivity (Wildman–Crippen MR) is 59.7 cm³/mol. The van der Waals surface area contributed by atoms with Crippen LogP contribution in [0.4, 0.5) is 0 Å². The van der Waals surface area contributed by atoms with Gasteiger partial charge >= 0.3 is 0 Å². The molecule has 0 atom stereocenters. The number of hydrogen-bond acceptors (Lipinski definition) is 2. The molecule has 2 N–H and O–H groups in total. The fourth-order valence-electron chi connectivity index (χ4n) is 1.29. The number of halogens is 1. The molecule has 0 aliphatic heterocycles. The van der Waals surface area contributed by atoms with Crippen LogP contribution in [-0.2, 0) is 6.54 Å². The third-order valence-corrected chi connectivity index (χ3v) is 2.69. The molecule has 2 aromatic rings. The third kappa shape index (κ3) is 1.74. The Hall–Kier alpha value is -1.06. The zero-order valence-electron chi connectivity index (χ0n) is 7.53. The van der Waals surface area contributed by atoms with Crippen LogP contribution in [0.5, 0.6) is 0 Å². The molecule has 0 aliphatic rings. The maximum atomic E-state index is 5.54. The molecule has 1 aromatic heterocycles. The van der Waals surface area contributed by atoms with Gasteiger partial charge in [-0.25, -0.2) is 0 Å². The summed E-state index contributed by atoms with van der Waals surface area (Å²) in [6, 6.07) is 11.8. The van der Waals surface area contributed by atoms with Crippen molar-refractivity contribution in [2.75, 3.05) is 0 Å². The lowest BCUT2D eigenvalue weighted by Gasteiger charge is -1.99. The average Bonchev–Trinajstić information content (AvgIpc) is 2.67. The Labute approximate surface area is 90.9 Å². The van der Waals surface area contributed by atoms with Gasteiger partial charge in [0.1, 0.15) is 11.5 Å². The fraction of sp³-hybridized carbons (Fsp3) is 0.0909. The lowest BCUT2D eigenvalue weighted by atomic mass is 10.2. The van der Waals surface area contributed by atoms with E-state index in [2.05, 4.69) is 15.9 Å². The van der Waals surface area contributed by atoms with E-state index in [0.29, 0.717) is 6.54 Å². The summed E-state index contributed by atoms with van der Waals surface area (Å²) in [4.78, 5) is 0. The van der Waals surface area contributed by atoms with Crippen LogP contribution in [0, 0.1) is 0 Å². The van der Waals surface area contributed by atoms with Crippen molar-refractivity contribution in [2.24, 2.45) is 5.73 Å². The van der Waals surface area contributed by atoms with Gasteiger partial charge in [-0.1, -0.05) is 34.1 Å². The molecular formula is C11H10BrNO. The second kappa shape index (κ2) is 3.98. The highest BCUT2D eigenvalue weighted by Gasteiger charge is 2.06. The first-order valence-corrected chi connectivity index (χ1v) is 5.14. The molecule has 1 heterocycles. The van der Waals surface area contributed by atoms with Crippen LogP contribution >= 0.6 is 15.9 Å². The molecule has 3 heteroatoms. The van der Waals surface area contributed by atoms with E-state index in [1.54, 1.807) is 0 Å². The van der Waals surface area contributed by atoms with E-state index in [1.807, 2.05) is 36.4 Å².